The summed E-state index contributed by atoms with van der Waals surface area (Å²) < 4.78 is 22.3. The Morgan fingerprint density at radius 1 is 1.27 bits per heavy atom. The zero-order valence-electron chi connectivity index (χ0n) is 11.7. The molecule has 116 valence electrons. The van der Waals surface area contributed by atoms with Crippen LogP contribution in [0.5, 0.6) is 0 Å². The molecule has 1 atom stereocenters. The van der Waals surface area contributed by atoms with E-state index in [0.717, 1.165) is 27.2 Å². The molecule has 1 aliphatic heterocycles. The summed E-state index contributed by atoms with van der Waals surface area (Å²) in [6, 6.07) is 7.16. The third kappa shape index (κ3) is 2.91. The van der Waals surface area contributed by atoms with Gasteiger partial charge in [0.05, 0.1) is 12.7 Å². The molecular formula is C15H14BrFN2O3. The van der Waals surface area contributed by atoms with Crippen molar-refractivity contribution in [2.24, 2.45) is 0 Å². The molecule has 1 aliphatic rings. The molecule has 0 unspecified atom stereocenters. The minimum Gasteiger partial charge on any atom is -0.358 e. The molecule has 2 aromatic rings. The quantitative estimate of drug-likeness (QED) is 0.834. The van der Waals surface area contributed by atoms with Gasteiger partial charge >= 0.3 is 5.69 Å². The average Bonchev–Trinajstić information content (AvgIpc) is 3.03. The van der Waals surface area contributed by atoms with E-state index in [1.165, 1.54) is 4.57 Å². The summed E-state index contributed by atoms with van der Waals surface area (Å²) in [7, 11) is 0. The Morgan fingerprint density at radius 2 is 2.00 bits per heavy atom. The van der Waals surface area contributed by atoms with Gasteiger partial charge in [-0.1, -0.05) is 28.1 Å². The highest BCUT2D eigenvalue weighted by molar-refractivity contribution is 9.10. The van der Waals surface area contributed by atoms with E-state index >= 15 is 0 Å². The van der Waals surface area contributed by atoms with Crippen LogP contribution in [-0.4, -0.2) is 15.7 Å². The van der Waals surface area contributed by atoms with Crippen LogP contribution in [0.4, 0.5) is 4.39 Å². The largest absolute Gasteiger partial charge is 0.358 e. The summed E-state index contributed by atoms with van der Waals surface area (Å²) in [5, 5.41) is 0. The predicted molar refractivity (Wildman–Crippen MR) is 82.4 cm³/mol. The first-order valence-electron chi connectivity index (χ1n) is 6.94. The number of ether oxygens (including phenoxy) is 1. The maximum Gasteiger partial charge on any atom is 0.333 e. The summed E-state index contributed by atoms with van der Waals surface area (Å²) in [6.07, 6.45) is 1.89. The van der Waals surface area contributed by atoms with Gasteiger partial charge in [0.1, 0.15) is 6.23 Å². The van der Waals surface area contributed by atoms with Gasteiger partial charge in [-0.05, 0) is 30.5 Å². The molecule has 3 rings (SSSR count). The Morgan fingerprint density at radius 3 is 2.64 bits per heavy atom. The average molecular weight is 369 g/mol. The van der Waals surface area contributed by atoms with E-state index in [1.54, 1.807) is 24.3 Å². The van der Waals surface area contributed by atoms with Crippen LogP contribution in [0.3, 0.4) is 0 Å². The molecule has 1 fully saturated rings. The highest BCUT2D eigenvalue weighted by Crippen LogP contribution is 2.20. The van der Waals surface area contributed by atoms with Crippen LogP contribution in [0.1, 0.15) is 24.6 Å². The first kappa shape index (κ1) is 15.2. The molecule has 0 saturated carbocycles. The second-order valence-electron chi connectivity index (χ2n) is 5.15. The van der Waals surface area contributed by atoms with Crippen LogP contribution in [0.25, 0.3) is 0 Å². The molecule has 0 spiro atoms. The van der Waals surface area contributed by atoms with E-state index < -0.39 is 23.3 Å². The molecule has 5 nitrogen and oxygen atoms in total. The lowest BCUT2D eigenvalue weighted by atomic mass is 10.2. The first-order valence-corrected chi connectivity index (χ1v) is 7.73. The number of halogens is 2. The number of hydrogen-bond donors (Lipinski definition) is 0. The fourth-order valence-electron chi connectivity index (χ4n) is 2.49. The summed E-state index contributed by atoms with van der Waals surface area (Å²) >= 11 is 3.32. The van der Waals surface area contributed by atoms with Gasteiger partial charge in [0.2, 0.25) is 5.82 Å². The summed E-state index contributed by atoms with van der Waals surface area (Å²) in [6.45, 7) is 0.556. The van der Waals surface area contributed by atoms with Crippen molar-refractivity contribution in [3.8, 4) is 0 Å². The summed E-state index contributed by atoms with van der Waals surface area (Å²) in [5.41, 5.74) is -0.727. The number of rotatable bonds is 3. The van der Waals surface area contributed by atoms with Crippen molar-refractivity contribution < 1.29 is 9.13 Å². The fourth-order valence-corrected chi connectivity index (χ4v) is 2.75. The molecule has 0 N–H and O–H groups in total. The smallest absolute Gasteiger partial charge is 0.333 e. The third-order valence-electron chi connectivity index (χ3n) is 3.62. The lowest BCUT2D eigenvalue weighted by molar-refractivity contribution is 0.0504. The molecule has 0 aliphatic carbocycles. The van der Waals surface area contributed by atoms with Crippen molar-refractivity contribution in [1.29, 1.82) is 0 Å². The highest BCUT2D eigenvalue weighted by Gasteiger charge is 2.22. The normalized spacial score (nSPS) is 17.8. The van der Waals surface area contributed by atoms with E-state index in [1.807, 2.05) is 0 Å². The van der Waals surface area contributed by atoms with Gasteiger partial charge in [-0.2, -0.15) is 4.39 Å². The Hall–Kier alpha value is -1.73. The van der Waals surface area contributed by atoms with Crippen LogP contribution in [0, 0.1) is 5.82 Å². The minimum absolute atomic E-state index is 0.0232. The van der Waals surface area contributed by atoms with E-state index in [-0.39, 0.29) is 6.54 Å². The molecule has 2 heterocycles. The van der Waals surface area contributed by atoms with Crippen molar-refractivity contribution in [3.05, 3.63) is 67.2 Å². The fraction of sp³-hybridized carbons (Fsp3) is 0.333. The van der Waals surface area contributed by atoms with E-state index in [4.69, 9.17) is 4.74 Å². The van der Waals surface area contributed by atoms with Crippen molar-refractivity contribution in [3.63, 3.8) is 0 Å². The number of aromatic nitrogens is 2. The molecular weight excluding hydrogens is 355 g/mol. The number of nitrogens with zero attached hydrogens (tertiary/aromatic N) is 2. The second kappa shape index (κ2) is 6.18. The van der Waals surface area contributed by atoms with Crippen LogP contribution in [-0.2, 0) is 11.3 Å². The number of benzene rings is 1. The zero-order valence-corrected chi connectivity index (χ0v) is 13.3. The standard InChI is InChI=1S/C15H14BrFN2O3/c16-11-5-3-10(4-6-11)8-19-14(20)12(17)9-18(15(19)21)13-2-1-7-22-13/h3-6,9,13H,1-2,7-8H2/t13-/m1/s1. The Kier molecular flexibility index (Phi) is 4.26. The molecule has 1 aromatic heterocycles. The molecule has 0 bridgehead atoms. The second-order valence-corrected chi connectivity index (χ2v) is 6.07. The molecule has 1 saturated heterocycles. The molecule has 7 heteroatoms. The van der Waals surface area contributed by atoms with Gasteiger partial charge in [-0.15, -0.1) is 0 Å². The van der Waals surface area contributed by atoms with Crippen molar-refractivity contribution in [2.45, 2.75) is 25.6 Å². The molecule has 0 amide bonds. The maximum absolute atomic E-state index is 13.9. The van der Waals surface area contributed by atoms with Gasteiger partial charge in [-0.25, -0.2) is 4.79 Å². The van der Waals surface area contributed by atoms with Crippen LogP contribution in [0.2, 0.25) is 0 Å². The molecule has 22 heavy (non-hydrogen) atoms. The van der Waals surface area contributed by atoms with Gasteiger partial charge in [-0.3, -0.25) is 13.9 Å². The van der Waals surface area contributed by atoms with Gasteiger partial charge in [0.15, 0.2) is 0 Å². The highest BCUT2D eigenvalue weighted by atomic mass is 79.9. The van der Waals surface area contributed by atoms with Crippen molar-refractivity contribution in [2.75, 3.05) is 6.61 Å². The predicted octanol–water partition coefficient (Wildman–Crippen LogP) is 2.27. The van der Waals surface area contributed by atoms with Crippen LogP contribution >= 0.6 is 15.9 Å². The lowest BCUT2D eigenvalue weighted by Crippen LogP contribution is -2.42. The number of hydrogen-bond acceptors (Lipinski definition) is 3. The Bertz CT molecular complexity index is 792. The van der Waals surface area contributed by atoms with E-state index in [0.29, 0.717) is 13.0 Å². The van der Waals surface area contributed by atoms with Crippen LogP contribution in [0.15, 0.2) is 44.5 Å². The van der Waals surface area contributed by atoms with Gasteiger partial charge in [0, 0.05) is 11.1 Å². The molecule has 0 radical (unpaired) electrons. The van der Waals surface area contributed by atoms with Crippen LogP contribution < -0.4 is 11.2 Å². The van der Waals surface area contributed by atoms with E-state index in [2.05, 4.69) is 15.9 Å². The third-order valence-corrected chi connectivity index (χ3v) is 4.15. The van der Waals surface area contributed by atoms with Crippen molar-refractivity contribution in [1.82, 2.24) is 9.13 Å². The maximum atomic E-state index is 13.9. The minimum atomic E-state index is -0.952. The Balaban J connectivity index is 2.04. The SMILES string of the molecule is O=c1c(F)cn([C@H]2CCCO2)c(=O)n1Cc1ccc(Br)cc1. The van der Waals surface area contributed by atoms with Gasteiger partial charge < -0.3 is 4.74 Å². The summed E-state index contributed by atoms with van der Waals surface area (Å²) in [5.74, 6) is -0.952. The zero-order chi connectivity index (χ0) is 15.7. The summed E-state index contributed by atoms with van der Waals surface area (Å²) in [4.78, 5) is 24.4. The van der Waals surface area contributed by atoms with Gasteiger partial charge in [0.25, 0.3) is 5.56 Å². The topological polar surface area (TPSA) is 53.2 Å². The van der Waals surface area contributed by atoms with Crippen molar-refractivity contribution >= 4 is 15.9 Å². The van der Waals surface area contributed by atoms with E-state index in [9.17, 15) is 14.0 Å². The first-order chi connectivity index (χ1) is 10.6. The Labute approximate surface area is 134 Å². The molecule has 1 aromatic carbocycles. The monoisotopic (exact) mass is 368 g/mol. The lowest BCUT2D eigenvalue weighted by Gasteiger charge is -2.15.